The summed E-state index contributed by atoms with van der Waals surface area (Å²) in [6.45, 7) is 4.49. The number of carbonyl (C=O) groups is 2. The summed E-state index contributed by atoms with van der Waals surface area (Å²) in [5, 5.41) is 2.99. The summed E-state index contributed by atoms with van der Waals surface area (Å²) in [5.41, 5.74) is 1.45. The molecule has 2 aromatic rings. The average molecular weight is 427 g/mol. The first-order valence-corrected chi connectivity index (χ1v) is 11.8. The van der Waals surface area contributed by atoms with Gasteiger partial charge >= 0.3 is 0 Å². The van der Waals surface area contributed by atoms with E-state index in [1.807, 2.05) is 30.3 Å². The fraction of sp³-hybridized carbons (Fsp3) is 0.304. The highest BCUT2D eigenvalue weighted by atomic mass is 32.2. The molecule has 1 aliphatic rings. The maximum atomic E-state index is 13.4. The number of rotatable bonds is 6. The highest BCUT2D eigenvalue weighted by Gasteiger charge is 2.43. The zero-order valence-electron chi connectivity index (χ0n) is 17.0. The maximum absolute atomic E-state index is 13.4. The highest BCUT2D eigenvalue weighted by molar-refractivity contribution is 7.89. The monoisotopic (exact) mass is 426 g/mol. The normalized spacial score (nSPS) is 16.0. The van der Waals surface area contributed by atoms with Gasteiger partial charge in [0.05, 0.1) is 11.2 Å². The van der Waals surface area contributed by atoms with E-state index in [0.29, 0.717) is 37.2 Å². The van der Waals surface area contributed by atoms with Crippen LogP contribution in [0.2, 0.25) is 0 Å². The molecular formula is C23H26N2O4S. The predicted molar refractivity (Wildman–Crippen MR) is 118 cm³/mol. The summed E-state index contributed by atoms with van der Waals surface area (Å²) in [6.07, 6.45) is 3.51. The molecule has 2 aromatic carbocycles. The summed E-state index contributed by atoms with van der Waals surface area (Å²) in [6, 6.07) is 16.5. The molecule has 7 heteroatoms. The molecule has 0 saturated carbocycles. The molecule has 1 saturated heterocycles. The van der Waals surface area contributed by atoms with Crippen LogP contribution in [-0.2, 0) is 30.6 Å². The fourth-order valence-corrected chi connectivity index (χ4v) is 4.68. The molecule has 0 aromatic heterocycles. The third-order valence-corrected chi connectivity index (χ3v) is 6.36. The number of nitrogens with zero attached hydrogens (tertiary/aromatic N) is 1. The van der Waals surface area contributed by atoms with Gasteiger partial charge in [-0.2, -0.15) is 0 Å². The van der Waals surface area contributed by atoms with E-state index >= 15 is 0 Å². The molecule has 1 fully saturated rings. The number of nitrogens with one attached hydrogen (secondary N) is 1. The Hall–Kier alpha value is -2.93. The van der Waals surface area contributed by atoms with E-state index in [4.69, 9.17) is 0 Å². The molecule has 2 amide bonds. The van der Waals surface area contributed by atoms with E-state index in [2.05, 4.69) is 11.9 Å². The lowest BCUT2D eigenvalue weighted by molar-refractivity contribution is -0.131. The second-order valence-corrected chi connectivity index (χ2v) is 9.84. The lowest BCUT2D eigenvalue weighted by Gasteiger charge is -2.40. The molecule has 0 radical (unpaired) electrons. The zero-order valence-corrected chi connectivity index (χ0v) is 17.8. The fourth-order valence-electron chi connectivity index (χ4n) is 3.88. The molecule has 1 heterocycles. The number of likely N-dealkylation sites (tertiary alicyclic amines) is 1. The molecule has 6 nitrogen and oxygen atoms in total. The van der Waals surface area contributed by atoms with Crippen molar-refractivity contribution < 1.29 is 18.0 Å². The van der Waals surface area contributed by atoms with Gasteiger partial charge in [0.25, 0.3) is 0 Å². The maximum Gasteiger partial charge on any atom is 0.245 e. The minimum absolute atomic E-state index is 0.0393. The van der Waals surface area contributed by atoms with E-state index in [9.17, 15) is 18.0 Å². The van der Waals surface area contributed by atoms with Crippen molar-refractivity contribution >= 4 is 27.3 Å². The largest absolute Gasteiger partial charge is 0.339 e. The van der Waals surface area contributed by atoms with Gasteiger partial charge in [-0.1, -0.05) is 49.0 Å². The van der Waals surface area contributed by atoms with Crippen molar-refractivity contribution in [2.24, 2.45) is 0 Å². The zero-order chi connectivity index (χ0) is 21.8. The minimum atomic E-state index is -3.12. The van der Waals surface area contributed by atoms with E-state index in [0.717, 1.165) is 5.56 Å². The summed E-state index contributed by atoms with van der Waals surface area (Å²) < 4.78 is 22.9. The number of piperidine rings is 1. The van der Waals surface area contributed by atoms with Gasteiger partial charge in [0.15, 0.2) is 9.84 Å². The van der Waals surface area contributed by atoms with Crippen LogP contribution in [0.5, 0.6) is 0 Å². The minimum Gasteiger partial charge on any atom is -0.339 e. The van der Waals surface area contributed by atoms with Crippen molar-refractivity contribution in [2.75, 3.05) is 24.7 Å². The van der Waals surface area contributed by atoms with Crippen molar-refractivity contribution in [1.29, 1.82) is 0 Å². The lowest BCUT2D eigenvalue weighted by atomic mass is 9.72. The van der Waals surface area contributed by atoms with Gasteiger partial charge in [0.2, 0.25) is 11.8 Å². The Bertz CT molecular complexity index is 1020. The lowest BCUT2D eigenvalue weighted by Crippen LogP contribution is -2.50. The Labute approximate surface area is 177 Å². The van der Waals surface area contributed by atoms with Crippen LogP contribution >= 0.6 is 0 Å². The molecule has 0 atom stereocenters. The Kier molecular flexibility index (Phi) is 6.41. The number of hydrogen-bond donors (Lipinski definition) is 1. The number of anilines is 1. The average Bonchev–Trinajstić information content (AvgIpc) is 2.74. The van der Waals surface area contributed by atoms with Crippen molar-refractivity contribution in [3.63, 3.8) is 0 Å². The second kappa shape index (κ2) is 8.83. The number of carbonyl (C=O) groups excluding carboxylic acids is 2. The van der Waals surface area contributed by atoms with Crippen LogP contribution in [0.3, 0.4) is 0 Å². The number of sulfone groups is 1. The van der Waals surface area contributed by atoms with E-state index in [-0.39, 0.29) is 17.6 Å². The Balaban J connectivity index is 1.82. The number of hydrogen-bond acceptors (Lipinski definition) is 4. The van der Waals surface area contributed by atoms with Gasteiger partial charge in [0, 0.05) is 25.0 Å². The van der Waals surface area contributed by atoms with Crippen LogP contribution in [0.4, 0.5) is 5.69 Å². The van der Waals surface area contributed by atoms with Crippen molar-refractivity contribution in [1.82, 2.24) is 4.90 Å². The summed E-state index contributed by atoms with van der Waals surface area (Å²) in [7, 11) is -3.12. The van der Waals surface area contributed by atoms with E-state index in [1.165, 1.54) is 12.3 Å². The highest BCUT2D eigenvalue weighted by Crippen LogP contribution is 2.37. The van der Waals surface area contributed by atoms with Gasteiger partial charge in [-0.3, -0.25) is 9.59 Å². The standard InChI is InChI=1S/C23H26N2O4S/c1-3-21(26)25-15-13-23(14-16-25,19-7-5-4-6-8-19)22(27)24-20-11-9-18(10-12-20)17-30(2,28)29/h3-12H,1,13-17H2,2H3,(H,24,27). The molecule has 3 rings (SSSR count). The molecule has 30 heavy (non-hydrogen) atoms. The molecule has 158 valence electrons. The summed E-state index contributed by atoms with van der Waals surface area (Å²) in [5.74, 6) is -0.295. The molecule has 0 aliphatic carbocycles. The first kappa shape index (κ1) is 21.8. The molecule has 1 aliphatic heterocycles. The summed E-state index contributed by atoms with van der Waals surface area (Å²) >= 11 is 0. The van der Waals surface area contributed by atoms with Gasteiger partial charge in [-0.15, -0.1) is 0 Å². The molecular weight excluding hydrogens is 400 g/mol. The van der Waals surface area contributed by atoms with Crippen molar-refractivity contribution in [3.8, 4) is 0 Å². The first-order chi connectivity index (χ1) is 14.2. The van der Waals surface area contributed by atoms with Crippen molar-refractivity contribution in [3.05, 3.63) is 78.4 Å². The topological polar surface area (TPSA) is 83.6 Å². The third kappa shape index (κ3) is 4.97. The van der Waals surface area contributed by atoms with Gasteiger partial charge < -0.3 is 10.2 Å². The Morgan fingerprint density at radius 1 is 1.07 bits per heavy atom. The molecule has 0 spiro atoms. The molecule has 1 N–H and O–H groups in total. The summed E-state index contributed by atoms with van der Waals surface area (Å²) in [4.78, 5) is 27.1. The smallest absolute Gasteiger partial charge is 0.245 e. The van der Waals surface area contributed by atoms with E-state index in [1.54, 1.807) is 29.2 Å². The van der Waals surface area contributed by atoms with Crippen LogP contribution < -0.4 is 5.32 Å². The van der Waals surface area contributed by atoms with Crippen LogP contribution in [0.1, 0.15) is 24.0 Å². The van der Waals surface area contributed by atoms with Crippen molar-refractivity contribution in [2.45, 2.75) is 24.0 Å². The predicted octanol–water partition coefficient (Wildman–Crippen LogP) is 2.92. The molecule has 0 unspecified atom stereocenters. The first-order valence-electron chi connectivity index (χ1n) is 9.78. The quantitative estimate of drug-likeness (QED) is 0.720. The van der Waals surface area contributed by atoms with Gasteiger partial charge in [-0.25, -0.2) is 8.42 Å². The van der Waals surface area contributed by atoms with Gasteiger partial charge in [0.1, 0.15) is 0 Å². The van der Waals surface area contributed by atoms with Crippen LogP contribution in [-0.4, -0.2) is 44.5 Å². The number of amides is 2. The van der Waals surface area contributed by atoms with Crippen LogP contribution in [0.15, 0.2) is 67.3 Å². The Morgan fingerprint density at radius 3 is 2.20 bits per heavy atom. The SMILES string of the molecule is C=CC(=O)N1CCC(C(=O)Nc2ccc(CS(C)(=O)=O)cc2)(c2ccccc2)CC1. The molecule has 0 bridgehead atoms. The van der Waals surface area contributed by atoms with Crippen LogP contribution in [0.25, 0.3) is 0 Å². The third-order valence-electron chi connectivity index (χ3n) is 5.50. The second-order valence-electron chi connectivity index (χ2n) is 7.70. The Morgan fingerprint density at radius 2 is 1.67 bits per heavy atom. The number of benzene rings is 2. The van der Waals surface area contributed by atoms with Crippen LogP contribution in [0, 0.1) is 0 Å². The van der Waals surface area contributed by atoms with Gasteiger partial charge in [-0.05, 0) is 42.2 Å². The van der Waals surface area contributed by atoms with E-state index < -0.39 is 15.3 Å².